The first kappa shape index (κ1) is 15.3. The van der Waals surface area contributed by atoms with Gasteiger partial charge in [0.2, 0.25) is 11.8 Å². The van der Waals surface area contributed by atoms with Crippen LogP contribution in [0.4, 0.5) is 5.69 Å². The maximum Gasteiger partial charge on any atom is 0.241 e. The van der Waals surface area contributed by atoms with Crippen LogP contribution in [-0.2, 0) is 9.59 Å². The minimum atomic E-state index is -0.392. The second-order valence-corrected chi connectivity index (χ2v) is 5.28. The molecule has 0 radical (unpaired) electrons. The van der Waals surface area contributed by atoms with Crippen molar-refractivity contribution in [2.45, 2.75) is 25.8 Å². The Bertz CT molecular complexity index is 501. The fourth-order valence-corrected chi connectivity index (χ4v) is 2.31. The Morgan fingerprint density at radius 2 is 2.10 bits per heavy atom. The van der Waals surface area contributed by atoms with Crippen LogP contribution in [0.5, 0.6) is 5.75 Å². The predicted molar refractivity (Wildman–Crippen MR) is 79.9 cm³/mol. The lowest BCUT2D eigenvalue weighted by Gasteiger charge is -2.15. The van der Waals surface area contributed by atoms with Crippen LogP contribution in [0, 0.1) is 5.92 Å². The van der Waals surface area contributed by atoms with Crippen LogP contribution in [0.2, 0.25) is 0 Å². The van der Waals surface area contributed by atoms with Gasteiger partial charge in [-0.15, -0.1) is 0 Å². The Morgan fingerprint density at radius 3 is 2.67 bits per heavy atom. The van der Waals surface area contributed by atoms with Crippen molar-refractivity contribution in [3.8, 4) is 5.75 Å². The summed E-state index contributed by atoms with van der Waals surface area (Å²) < 4.78 is 5.37. The Balaban J connectivity index is 1.84. The average molecular weight is 291 g/mol. The summed E-state index contributed by atoms with van der Waals surface area (Å²) in [5.74, 6) is 0.586. The number of carbonyl (C=O) groups excluding carboxylic acids is 2. The smallest absolute Gasteiger partial charge is 0.241 e. The van der Waals surface area contributed by atoms with Gasteiger partial charge in [-0.2, -0.15) is 0 Å². The van der Waals surface area contributed by atoms with Crippen molar-refractivity contribution in [2.75, 3.05) is 18.5 Å². The molecule has 0 bridgehead atoms. The topological polar surface area (TPSA) is 93.4 Å². The number of anilines is 1. The third-order valence-corrected chi connectivity index (χ3v) is 3.55. The summed E-state index contributed by atoms with van der Waals surface area (Å²) in [7, 11) is 0. The fraction of sp³-hybridized carbons (Fsp3) is 0.467. The number of nitrogens with one attached hydrogen (secondary N) is 2. The standard InChI is InChI=1S/C15H21N3O3/c1-10-6-8-17-14(10)15(20)18-11-2-4-12(5-3-11)21-9-7-13(16)19/h2-5,10,14,17H,6-9H2,1H3,(H2,16,19)(H,18,20). The van der Waals surface area contributed by atoms with E-state index in [2.05, 4.69) is 17.6 Å². The first-order valence-corrected chi connectivity index (χ1v) is 7.11. The molecular formula is C15H21N3O3. The van der Waals surface area contributed by atoms with Gasteiger partial charge in [-0.3, -0.25) is 9.59 Å². The maximum atomic E-state index is 12.1. The summed E-state index contributed by atoms with van der Waals surface area (Å²) in [6.45, 7) is 3.20. The molecule has 0 spiro atoms. The number of ether oxygens (including phenoxy) is 1. The largest absolute Gasteiger partial charge is 0.493 e. The fourth-order valence-electron chi connectivity index (χ4n) is 2.31. The minimum Gasteiger partial charge on any atom is -0.493 e. The normalized spacial score (nSPS) is 21.0. The highest BCUT2D eigenvalue weighted by Crippen LogP contribution is 2.19. The van der Waals surface area contributed by atoms with Gasteiger partial charge < -0.3 is 21.1 Å². The third kappa shape index (κ3) is 4.46. The van der Waals surface area contributed by atoms with Crippen molar-refractivity contribution in [1.82, 2.24) is 5.32 Å². The molecular weight excluding hydrogens is 270 g/mol. The Labute approximate surface area is 124 Å². The molecule has 114 valence electrons. The summed E-state index contributed by atoms with van der Waals surface area (Å²) in [5, 5.41) is 6.08. The Kier molecular flexibility index (Phi) is 5.16. The van der Waals surface area contributed by atoms with E-state index in [1.807, 2.05) is 0 Å². The number of nitrogens with two attached hydrogens (primary N) is 1. The average Bonchev–Trinajstić information content (AvgIpc) is 2.87. The van der Waals surface area contributed by atoms with Crippen molar-refractivity contribution in [3.05, 3.63) is 24.3 Å². The number of hydrogen-bond donors (Lipinski definition) is 3. The molecule has 1 saturated heterocycles. The number of rotatable bonds is 6. The molecule has 2 rings (SSSR count). The number of primary amides is 1. The third-order valence-electron chi connectivity index (χ3n) is 3.55. The van der Waals surface area contributed by atoms with Crippen LogP contribution in [-0.4, -0.2) is 31.0 Å². The number of amides is 2. The second-order valence-electron chi connectivity index (χ2n) is 5.28. The minimum absolute atomic E-state index is 0.0117. The van der Waals surface area contributed by atoms with Gasteiger partial charge in [0, 0.05) is 5.69 Å². The van der Waals surface area contributed by atoms with Gasteiger partial charge in [0.05, 0.1) is 19.1 Å². The van der Waals surface area contributed by atoms with E-state index in [1.54, 1.807) is 24.3 Å². The molecule has 2 atom stereocenters. The van der Waals surface area contributed by atoms with Gasteiger partial charge in [0.25, 0.3) is 0 Å². The zero-order valence-corrected chi connectivity index (χ0v) is 12.1. The predicted octanol–water partition coefficient (Wildman–Crippen LogP) is 0.877. The lowest BCUT2D eigenvalue weighted by Crippen LogP contribution is -2.39. The molecule has 1 aliphatic rings. The molecule has 2 unspecified atom stereocenters. The number of carbonyl (C=O) groups is 2. The summed E-state index contributed by atoms with van der Waals surface area (Å²) in [6, 6.07) is 6.93. The van der Waals surface area contributed by atoms with Gasteiger partial charge in [-0.1, -0.05) is 6.92 Å². The molecule has 0 aliphatic carbocycles. The summed E-state index contributed by atoms with van der Waals surface area (Å²) in [5.41, 5.74) is 5.76. The van der Waals surface area contributed by atoms with E-state index < -0.39 is 5.91 Å². The molecule has 0 saturated carbocycles. The SMILES string of the molecule is CC1CCNC1C(=O)Nc1ccc(OCCC(N)=O)cc1. The van der Waals surface area contributed by atoms with Crippen molar-refractivity contribution in [3.63, 3.8) is 0 Å². The highest BCUT2D eigenvalue weighted by atomic mass is 16.5. The first-order chi connectivity index (χ1) is 10.1. The molecule has 21 heavy (non-hydrogen) atoms. The maximum absolute atomic E-state index is 12.1. The van der Waals surface area contributed by atoms with E-state index >= 15 is 0 Å². The van der Waals surface area contributed by atoms with Gasteiger partial charge in [-0.05, 0) is 43.1 Å². The lowest BCUT2D eigenvalue weighted by atomic mass is 10.0. The molecule has 2 amide bonds. The Hall–Kier alpha value is -2.08. The highest BCUT2D eigenvalue weighted by molar-refractivity contribution is 5.95. The second kappa shape index (κ2) is 7.08. The summed E-state index contributed by atoms with van der Waals surface area (Å²) >= 11 is 0. The van der Waals surface area contributed by atoms with Gasteiger partial charge in [0.15, 0.2) is 0 Å². The van der Waals surface area contributed by atoms with Gasteiger partial charge in [-0.25, -0.2) is 0 Å². The van der Waals surface area contributed by atoms with Crippen molar-refractivity contribution in [1.29, 1.82) is 0 Å². The van der Waals surface area contributed by atoms with Crippen LogP contribution in [0.1, 0.15) is 19.8 Å². The van der Waals surface area contributed by atoms with Crippen molar-refractivity contribution in [2.24, 2.45) is 11.7 Å². The molecule has 1 aromatic rings. The molecule has 6 nitrogen and oxygen atoms in total. The molecule has 1 aliphatic heterocycles. The Morgan fingerprint density at radius 1 is 1.38 bits per heavy atom. The van der Waals surface area contributed by atoms with Crippen LogP contribution < -0.4 is 21.1 Å². The molecule has 4 N–H and O–H groups in total. The van der Waals surface area contributed by atoms with Crippen LogP contribution in [0.3, 0.4) is 0 Å². The van der Waals surface area contributed by atoms with Crippen LogP contribution in [0.25, 0.3) is 0 Å². The zero-order valence-electron chi connectivity index (χ0n) is 12.1. The summed E-state index contributed by atoms with van der Waals surface area (Å²) in [6.07, 6.45) is 1.20. The van der Waals surface area contributed by atoms with E-state index in [1.165, 1.54) is 0 Å². The first-order valence-electron chi connectivity index (χ1n) is 7.11. The van der Waals surface area contributed by atoms with Crippen molar-refractivity contribution >= 4 is 17.5 Å². The lowest BCUT2D eigenvalue weighted by molar-refractivity contribution is -0.119. The molecule has 6 heteroatoms. The zero-order chi connectivity index (χ0) is 15.2. The van der Waals surface area contributed by atoms with Gasteiger partial charge in [0.1, 0.15) is 5.75 Å². The molecule has 1 heterocycles. The molecule has 1 aromatic carbocycles. The van der Waals surface area contributed by atoms with Gasteiger partial charge >= 0.3 is 0 Å². The molecule has 0 aromatic heterocycles. The monoisotopic (exact) mass is 291 g/mol. The van der Waals surface area contributed by atoms with E-state index in [9.17, 15) is 9.59 Å². The molecule has 1 fully saturated rings. The van der Waals surface area contributed by atoms with Crippen LogP contribution in [0.15, 0.2) is 24.3 Å². The van der Waals surface area contributed by atoms with E-state index in [-0.39, 0.29) is 25.0 Å². The van der Waals surface area contributed by atoms with E-state index in [0.717, 1.165) is 18.7 Å². The number of benzene rings is 1. The number of hydrogen-bond acceptors (Lipinski definition) is 4. The quantitative estimate of drug-likeness (QED) is 0.725. The highest BCUT2D eigenvalue weighted by Gasteiger charge is 2.29. The van der Waals surface area contributed by atoms with Crippen LogP contribution >= 0.6 is 0 Å². The van der Waals surface area contributed by atoms with E-state index in [0.29, 0.717) is 11.7 Å². The van der Waals surface area contributed by atoms with E-state index in [4.69, 9.17) is 10.5 Å². The summed E-state index contributed by atoms with van der Waals surface area (Å²) in [4.78, 5) is 22.7. The van der Waals surface area contributed by atoms with Crippen molar-refractivity contribution < 1.29 is 14.3 Å².